The Kier molecular flexibility index (Phi) is 3.47. The van der Waals surface area contributed by atoms with E-state index in [2.05, 4.69) is 10.9 Å². The van der Waals surface area contributed by atoms with Crippen LogP contribution >= 0.6 is 0 Å². The molecule has 0 atom stereocenters. The maximum Gasteiger partial charge on any atom is 0.273 e. The van der Waals surface area contributed by atoms with Crippen molar-refractivity contribution in [3.05, 3.63) is 23.2 Å². The van der Waals surface area contributed by atoms with E-state index >= 15 is 0 Å². The first-order valence-electron chi connectivity index (χ1n) is 8.68. The summed E-state index contributed by atoms with van der Waals surface area (Å²) < 4.78 is 5.36. The molecular weight excluding hydrogens is 292 g/mol. The molecule has 4 fully saturated rings. The molecule has 0 aliphatic heterocycles. The van der Waals surface area contributed by atoms with Crippen LogP contribution < -0.4 is 10.9 Å². The summed E-state index contributed by atoms with van der Waals surface area (Å²) in [6, 6.07) is 1.69. The minimum absolute atomic E-state index is 0.00924. The predicted molar refractivity (Wildman–Crippen MR) is 84.3 cm³/mol. The first-order chi connectivity index (χ1) is 11.0. The van der Waals surface area contributed by atoms with Gasteiger partial charge in [0.2, 0.25) is 5.91 Å². The topological polar surface area (TPSA) is 71.3 Å². The summed E-state index contributed by atoms with van der Waals surface area (Å²) in [6.45, 7) is 3.55. The molecule has 0 unspecified atom stereocenters. The zero-order valence-electron chi connectivity index (χ0n) is 13.7. The third kappa shape index (κ3) is 2.56. The van der Waals surface area contributed by atoms with Gasteiger partial charge in [0, 0.05) is 5.92 Å². The highest BCUT2D eigenvalue weighted by atomic mass is 16.3. The van der Waals surface area contributed by atoms with Gasteiger partial charge in [0.25, 0.3) is 5.91 Å². The predicted octanol–water partition coefficient (Wildman–Crippen LogP) is 2.73. The molecule has 4 bridgehead atoms. The number of furan rings is 1. The van der Waals surface area contributed by atoms with E-state index in [4.69, 9.17) is 4.42 Å². The van der Waals surface area contributed by atoms with Crippen molar-refractivity contribution in [1.82, 2.24) is 10.9 Å². The minimum atomic E-state index is -0.309. The summed E-state index contributed by atoms with van der Waals surface area (Å²) in [7, 11) is 0. The van der Waals surface area contributed by atoms with E-state index in [1.54, 1.807) is 19.9 Å². The molecular formula is C18H24N2O3. The van der Waals surface area contributed by atoms with E-state index in [-0.39, 0.29) is 17.7 Å². The number of amides is 2. The van der Waals surface area contributed by atoms with Gasteiger partial charge in [-0.05, 0) is 75.7 Å². The zero-order valence-corrected chi connectivity index (χ0v) is 13.7. The summed E-state index contributed by atoms with van der Waals surface area (Å²) in [4.78, 5) is 24.8. The molecule has 1 aromatic heterocycles. The van der Waals surface area contributed by atoms with E-state index in [9.17, 15) is 9.59 Å². The monoisotopic (exact) mass is 316 g/mol. The first kappa shape index (κ1) is 14.8. The van der Waals surface area contributed by atoms with Crippen molar-refractivity contribution in [3.63, 3.8) is 0 Å². The van der Waals surface area contributed by atoms with E-state index in [0.717, 1.165) is 11.8 Å². The standard InChI is InChI=1S/C18H24N2O3/c1-9-3-15(10(2)23-9)17(21)19-20-18(22)16-13-5-11-4-12(7-13)8-14(16)6-11/h3,11-14,16H,4-8H2,1-2H3,(H,19,21)(H,20,22). The second kappa shape index (κ2) is 5.39. The number of hydrogen-bond acceptors (Lipinski definition) is 3. The third-order valence-corrected chi connectivity index (χ3v) is 6.11. The van der Waals surface area contributed by atoms with Crippen molar-refractivity contribution >= 4 is 11.8 Å². The summed E-state index contributed by atoms with van der Waals surface area (Å²) >= 11 is 0. The lowest BCUT2D eigenvalue weighted by Crippen LogP contribution is -2.54. The quantitative estimate of drug-likeness (QED) is 0.824. The number of carbonyl (C=O) groups is 2. The van der Waals surface area contributed by atoms with Crippen LogP contribution in [0.4, 0.5) is 0 Å². The number of hydrazine groups is 1. The molecule has 1 heterocycles. The Morgan fingerprint density at radius 1 is 1.00 bits per heavy atom. The van der Waals surface area contributed by atoms with Gasteiger partial charge in [0.1, 0.15) is 11.5 Å². The molecule has 5 rings (SSSR count). The molecule has 4 aliphatic carbocycles. The van der Waals surface area contributed by atoms with Crippen LogP contribution in [-0.4, -0.2) is 11.8 Å². The summed E-state index contributed by atoms with van der Waals surface area (Å²) in [5.41, 5.74) is 5.71. The second-order valence-corrected chi connectivity index (χ2v) is 7.73. The van der Waals surface area contributed by atoms with E-state index in [1.807, 2.05) is 0 Å². The molecule has 4 aliphatic rings. The van der Waals surface area contributed by atoms with E-state index in [1.165, 1.54) is 32.1 Å². The van der Waals surface area contributed by atoms with Gasteiger partial charge < -0.3 is 4.42 Å². The maximum atomic E-state index is 12.6. The highest BCUT2D eigenvalue weighted by molar-refractivity contribution is 5.96. The molecule has 4 saturated carbocycles. The summed E-state index contributed by atoms with van der Waals surface area (Å²) in [5.74, 6) is 3.74. The molecule has 23 heavy (non-hydrogen) atoms. The van der Waals surface area contributed by atoms with Gasteiger partial charge >= 0.3 is 0 Å². The lowest BCUT2D eigenvalue weighted by atomic mass is 9.52. The number of carbonyl (C=O) groups excluding carboxylic acids is 2. The lowest BCUT2D eigenvalue weighted by molar-refractivity contribution is -0.138. The van der Waals surface area contributed by atoms with Gasteiger partial charge in [-0.3, -0.25) is 20.4 Å². The number of nitrogens with one attached hydrogen (secondary N) is 2. The van der Waals surface area contributed by atoms with Crippen molar-refractivity contribution in [1.29, 1.82) is 0 Å². The van der Waals surface area contributed by atoms with Gasteiger partial charge in [-0.25, -0.2) is 0 Å². The van der Waals surface area contributed by atoms with Gasteiger partial charge in [-0.2, -0.15) is 0 Å². The molecule has 0 radical (unpaired) electrons. The minimum Gasteiger partial charge on any atom is -0.466 e. The Bertz CT molecular complexity index is 621. The molecule has 0 saturated heterocycles. The largest absolute Gasteiger partial charge is 0.466 e. The fraction of sp³-hybridized carbons (Fsp3) is 0.667. The highest BCUT2D eigenvalue weighted by Gasteiger charge is 2.50. The maximum absolute atomic E-state index is 12.6. The van der Waals surface area contributed by atoms with Gasteiger partial charge in [0.15, 0.2) is 0 Å². The summed E-state index contributed by atoms with van der Waals surface area (Å²) in [5, 5.41) is 0. The van der Waals surface area contributed by atoms with Gasteiger partial charge in [-0.15, -0.1) is 0 Å². The average Bonchev–Trinajstić information content (AvgIpc) is 2.82. The first-order valence-corrected chi connectivity index (χ1v) is 8.68. The Morgan fingerprint density at radius 2 is 1.61 bits per heavy atom. The van der Waals surface area contributed by atoms with Crippen LogP contribution in [-0.2, 0) is 4.79 Å². The fourth-order valence-corrected chi connectivity index (χ4v) is 5.48. The van der Waals surface area contributed by atoms with Gasteiger partial charge in [-0.1, -0.05) is 0 Å². The van der Waals surface area contributed by atoms with Crippen LogP contribution in [0, 0.1) is 43.4 Å². The van der Waals surface area contributed by atoms with Crippen LogP contribution in [0.25, 0.3) is 0 Å². The molecule has 5 heteroatoms. The molecule has 124 valence electrons. The average molecular weight is 316 g/mol. The lowest BCUT2D eigenvalue weighted by Gasteiger charge is -2.53. The highest BCUT2D eigenvalue weighted by Crippen LogP contribution is 2.56. The van der Waals surface area contributed by atoms with E-state index < -0.39 is 0 Å². The number of rotatable bonds is 2. The van der Waals surface area contributed by atoms with Crippen molar-refractivity contribution in [2.75, 3.05) is 0 Å². The van der Waals surface area contributed by atoms with Gasteiger partial charge in [0.05, 0.1) is 5.56 Å². The van der Waals surface area contributed by atoms with Crippen molar-refractivity contribution in [2.24, 2.45) is 29.6 Å². The van der Waals surface area contributed by atoms with Crippen LogP contribution in [0.5, 0.6) is 0 Å². The normalized spacial score (nSPS) is 34.4. The summed E-state index contributed by atoms with van der Waals surface area (Å²) in [6.07, 6.45) is 6.15. The molecule has 2 N–H and O–H groups in total. The van der Waals surface area contributed by atoms with Crippen LogP contribution in [0.3, 0.4) is 0 Å². The Labute approximate surface area is 136 Å². The van der Waals surface area contributed by atoms with E-state index in [0.29, 0.717) is 28.9 Å². The Balaban J connectivity index is 1.39. The molecule has 0 aromatic carbocycles. The SMILES string of the molecule is Cc1cc(C(=O)NNC(=O)C2C3CC4CC(C3)CC2C4)c(C)o1. The fourth-order valence-electron chi connectivity index (χ4n) is 5.48. The van der Waals surface area contributed by atoms with Crippen LogP contribution in [0.2, 0.25) is 0 Å². The molecule has 0 spiro atoms. The number of aryl methyl sites for hydroxylation is 2. The molecule has 1 aromatic rings. The van der Waals surface area contributed by atoms with Crippen molar-refractivity contribution < 1.29 is 14.0 Å². The molecule has 5 nitrogen and oxygen atoms in total. The van der Waals surface area contributed by atoms with Crippen molar-refractivity contribution in [2.45, 2.75) is 46.0 Å². The molecule has 2 amide bonds. The second-order valence-electron chi connectivity index (χ2n) is 7.73. The van der Waals surface area contributed by atoms with Crippen LogP contribution in [0.15, 0.2) is 10.5 Å². The third-order valence-electron chi connectivity index (χ3n) is 6.11. The van der Waals surface area contributed by atoms with Crippen LogP contribution in [0.1, 0.15) is 54.0 Å². The Hall–Kier alpha value is -1.78. The Morgan fingerprint density at radius 3 is 2.13 bits per heavy atom. The van der Waals surface area contributed by atoms with Crippen molar-refractivity contribution in [3.8, 4) is 0 Å². The smallest absolute Gasteiger partial charge is 0.273 e. The zero-order chi connectivity index (χ0) is 16.1. The number of hydrogen-bond donors (Lipinski definition) is 2.